The van der Waals surface area contributed by atoms with Crippen LogP contribution in [0.1, 0.15) is 33.4 Å². The van der Waals surface area contributed by atoms with Crippen LogP contribution in [0.2, 0.25) is 0 Å². The highest BCUT2D eigenvalue weighted by Gasteiger charge is 2.20. The van der Waals surface area contributed by atoms with Crippen molar-refractivity contribution in [3.63, 3.8) is 0 Å². The second-order valence-corrected chi connectivity index (χ2v) is 16.5. The van der Waals surface area contributed by atoms with Crippen LogP contribution in [0.4, 0.5) is 34.1 Å². The third-order valence-electron chi connectivity index (χ3n) is 13.0. The molecule has 0 N–H and O–H groups in total. The van der Waals surface area contributed by atoms with Crippen LogP contribution in [-0.4, -0.2) is 0 Å². The van der Waals surface area contributed by atoms with Gasteiger partial charge in [-0.15, -0.1) is 0 Å². The lowest BCUT2D eigenvalue weighted by atomic mass is 10.00. The molecule has 0 spiro atoms. The number of hydrogen-bond donors (Lipinski definition) is 0. The summed E-state index contributed by atoms with van der Waals surface area (Å²) in [6, 6.07) is 56.9. The summed E-state index contributed by atoms with van der Waals surface area (Å²) in [5, 5.41) is 8.94. The smallest absolute Gasteiger partial charge is 0.139 e. The van der Waals surface area contributed by atoms with Crippen molar-refractivity contribution >= 4 is 99.5 Å². The topological polar surface area (TPSA) is 32.8 Å². The Balaban J connectivity index is 1.01. The van der Waals surface area contributed by atoms with Crippen molar-refractivity contribution in [1.82, 2.24) is 0 Å². The van der Waals surface area contributed by atoms with Crippen molar-refractivity contribution in [2.24, 2.45) is 0 Å². The SMILES string of the molecule is Cc1ccc(N(c2ccccc2)c2ccc3cc4c(cc3c2)oc2cc3oc5cc6cc(N(c7ccccc7)c7ccc(C)c(C)c7C)ccc6cc5c3cc24)c(C)c1C. The minimum atomic E-state index is 0.817. The van der Waals surface area contributed by atoms with E-state index in [1.54, 1.807) is 0 Å². The molecular weight excluding hydrogens is 733 g/mol. The molecule has 4 heteroatoms. The van der Waals surface area contributed by atoms with Crippen LogP contribution in [0.3, 0.4) is 0 Å². The van der Waals surface area contributed by atoms with Crippen molar-refractivity contribution in [3.05, 3.63) is 191 Å². The molecule has 9 aromatic carbocycles. The van der Waals surface area contributed by atoms with Crippen molar-refractivity contribution in [2.45, 2.75) is 41.5 Å². The maximum atomic E-state index is 6.63. The zero-order chi connectivity index (χ0) is 40.8. The Morgan fingerprint density at radius 1 is 0.300 bits per heavy atom. The van der Waals surface area contributed by atoms with Crippen LogP contribution in [0.15, 0.2) is 167 Å². The highest BCUT2D eigenvalue weighted by Crippen LogP contribution is 2.44. The molecule has 11 rings (SSSR count). The van der Waals surface area contributed by atoms with E-state index in [2.05, 4.69) is 209 Å². The number of anilines is 6. The number of rotatable bonds is 6. The standard InChI is InChI=1S/C56H44N2O2/c1-33-17-23-51(37(5)35(33)3)57(43-13-9-7-10-14-43)45-21-19-39-27-47-49-31-50-48-28-40-20-22-46(58(44-15-11-8-12-16-44)52-24-18-34(2)36(4)38(52)6)26-42(40)30-54(48)60-56(50)32-55(49)59-53(47)29-41(39)25-45/h7-32H,1-6H3. The molecule has 2 heterocycles. The molecule has 0 aliphatic heterocycles. The first-order chi connectivity index (χ1) is 29.2. The van der Waals surface area contributed by atoms with Gasteiger partial charge in [0.05, 0.1) is 0 Å². The van der Waals surface area contributed by atoms with Gasteiger partial charge in [0.2, 0.25) is 0 Å². The summed E-state index contributed by atoms with van der Waals surface area (Å²) in [6.07, 6.45) is 0. The fraction of sp³-hybridized carbons (Fsp3) is 0.107. The minimum absolute atomic E-state index is 0.817. The van der Waals surface area contributed by atoms with E-state index in [1.807, 2.05) is 0 Å². The minimum Gasteiger partial charge on any atom is -0.456 e. The average molecular weight is 777 g/mol. The summed E-state index contributed by atoms with van der Waals surface area (Å²) in [5.41, 5.74) is 17.9. The highest BCUT2D eigenvalue weighted by atomic mass is 16.3. The van der Waals surface area contributed by atoms with Crippen molar-refractivity contribution in [2.75, 3.05) is 9.80 Å². The van der Waals surface area contributed by atoms with Gasteiger partial charge in [-0.1, -0.05) is 60.7 Å². The van der Waals surface area contributed by atoms with Gasteiger partial charge in [-0.3, -0.25) is 0 Å². The Bertz CT molecular complexity index is 3270. The van der Waals surface area contributed by atoms with E-state index in [4.69, 9.17) is 8.83 Å². The van der Waals surface area contributed by atoms with Gasteiger partial charge >= 0.3 is 0 Å². The van der Waals surface area contributed by atoms with Crippen LogP contribution in [0, 0.1) is 41.5 Å². The van der Waals surface area contributed by atoms with E-state index in [0.29, 0.717) is 0 Å². The van der Waals surface area contributed by atoms with Crippen molar-refractivity contribution in [3.8, 4) is 0 Å². The largest absolute Gasteiger partial charge is 0.456 e. The van der Waals surface area contributed by atoms with E-state index in [1.165, 1.54) is 55.5 Å². The zero-order valence-electron chi connectivity index (χ0n) is 34.7. The summed E-state index contributed by atoms with van der Waals surface area (Å²) in [6.45, 7) is 13.2. The first-order valence-electron chi connectivity index (χ1n) is 20.7. The lowest BCUT2D eigenvalue weighted by Gasteiger charge is -2.28. The van der Waals surface area contributed by atoms with Crippen LogP contribution in [0.25, 0.3) is 65.4 Å². The summed E-state index contributed by atoms with van der Waals surface area (Å²) in [7, 11) is 0. The fourth-order valence-electron chi connectivity index (χ4n) is 9.16. The molecule has 0 bridgehead atoms. The molecule has 2 aromatic heterocycles. The summed E-state index contributed by atoms with van der Waals surface area (Å²) >= 11 is 0. The number of hydrogen-bond acceptors (Lipinski definition) is 4. The van der Waals surface area contributed by atoms with Crippen LogP contribution in [-0.2, 0) is 0 Å². The molecule has 0 atom stereocenters. The number of fused-ring (bicyclic) bond motifs is 8. The predicted octanol–water partition coefficient (Wildman–Crippen LogP) is 16.6. The van der Waals surface area contributed by atoms with Gasteiger partial charge in [-0.2, -0.15) is 0 Å². The average Bonchev–Trinajstić information content (AvgIpc) is 3.80. The normalized spacial score (nSPS) is 11.8. The molecule has 0 saturated heterocycles. The van der Waals surface area contributed by atoms with Crippen LogP contribution in [0.5, 0.6) is 0 Å². The third kappa shape index (κ3) is 5.66. The molecule has 0 saturated carbocycles. The molecule has 0 aliphatic carbocycles. The van der Waals surface area contributed by atoms with Gasteiger partial charge in [0, 0.05) is 61.7 Å². The molecule has 0 radical (unpaired) electrons. The van der Waals surface area contributed by atoms with E-state index in [0.717, 1.165) is 77.4 Å². The first-order valence-corrected chi connectivity index (χ1v) is 20.7. The van der Waals surface area contributed by atoms with Gasteiger partial charge in [0.15, 0.2) is 0 Å². The Hall–Kier alpha value is -7.30. The van der Waals surface area contributed by atoms with Gasteiger partial charge in [0.25, 0.3) is 0 Å². The molecule has 290 valence electrons. The van der Waals surface area contributed by atoms with Crippen molar-refractivity contribution in [1.29, 1.82) is 0 Å². The lowest BCUT2D eigenvalue weighted by molar-refractivity contribution is 0.656. The van der Waals surface area contributed by atoms with E-state index >= 15 is 0 Å². The Morgan fingerprint density at radius 2 is 0.700 bits per heavy atom. The number of aryl methyl sites for hydroxylation is 2. The maximum Gasteiger partial charge on any atom is 0.139 e. The van der Waals surface area contributed by atoms with Gasteiger partial charge in [-0.05, 0) is 187 Å². The summed E-state index contributed by atoms with van der Waals surface area (Å²) in [5.74, 6) is 0. The number of furan rings is 2. The van der Waals surface area contributed by atoms with Crippen LogP contribution < -0.4 is 9.80 Å². The Kier molecular flexibility index (Phi) is 8.15. The second-order valence-electron chi connectivity index (χ2n) is 16.5. The van der Waals surface area contributed by atoms with Gasteiger partial charge < -0.3 is 18.6 Å². The molecule has 0 amide bonds. The third-order valence-corrected chi connectivity index (χ3v) is 13.0. The predicted molar refractivity (Wildman–Crippen MR) is 254 cm³/mol. The molecule has 0 unspecified atom stereocenters. The number of benzene rings is 9. The summed E-state index contributed by atoms with van der Waals surface area (Å²) < 4.78 is 13.3. The monoisotopic (exact) mass is 776 g/mol. The quantitative estimate of drug-likeness (QED) is 0.168. The first kappa shape index (κ1) is 35.8. The van der Waals surface area contributed by atoms with Gasteiger partial charge in [-0.25, -0.2) is 0 Å². The second kappa shape index (κ2) is 13.6. The highest BCUT2D eigenvalue weighted by molar-refractivity contribution is 6.18. The van der Waals surface area contributed by atoms with Crippen molar-refractivity contribution < 1.29 is 8.83 Å². The Labute approximate surface area is 349 Å². The number of nitrogens with zero attached hydrogens (tertiary/aromatic N) is 2. The molecule has 4 nitrogen and oxygen atoms in total. The van der Waals surface area contributed by atoms with E-state index in [-0.39, 0.29) is 0 Å². The fourth-order valence-corrected chi connectivity index (χ4v) is 9.16. The zero-order valence-corrected chi connectivity index (χ0v) is 34.7. The van der Waals surface area contributed by atoms with E-state index in [9.17, 15) is 0 Å². The van der Waals surface area contributed by atoms with Gasteiger partial charge in [0.1, 0.15) is 22.3 Å². The molecule has 11 aromatic rings. The molecule has 60 heavy (non-hydrogen) atoms. The maximum absolute atomic E-state index is 6.63. The molecule has 0 fully saturated rings. The lowest BCUT2D eigenvalue weighted by Crippen LogP contribution is -2.12. The van der Waals surface area contributed by atoms with Crippen LogP contribution >= 0.6 is 0 Å². The summed E-state index contributed by atoms with van der Waals surface area (Å²) in [4.78, 5) is 4.72. The molecule has 0 aliphatic rings. The Morgan fingerprint density at radius 3 is 1.13 bits per heavy atom. The molecular formula is C56H44N2O2. The van der Waals surface area contributed by atoms with E-state index < -0.39 is 0 Å². The number of para-hydroxylation sites is 2.